The number of carbonyl (C=O) groups is 1. The van der Waals surface area contributed by atoms with Crippen molar-refractivity contribution < 1.29 is 4.79 Å². The molecule has 3 heteroatoms. The Morgan fingerprint density at radius 3 is 2.41 bits per heavy atom. The highest BCUT2D eigenvalue weighted by molar-refractivity contribution is 5.81. The van der Waals surface area contributed by atoms with E-state index in [0.717, 1.165) is 31.6 Å². The van der Waals surface area contributed by atoms with Gasteiger partial charge in [-0.1, -0.05) is 18.2 Å². The molecule has 1 amide bonds. The summed E-state index contributed by atoms with van der Waals surface area (Å²) in [5.41, 5.74) is 3.48. The predicted octanol–water partition coefficient (Wildman–Crippen LogP) is 2.34. The van der Waals surface area contributed by atoms with Gasteiger partial charge in [0.15, 0.2) is 0 Å². The number of likely N-dealkylation sites (tertiary alicyclic amines) is 1. The number of carbonyl (C=O) groups excluding carboxylic acids is 1. The summed E-state index contributed by atoms with van der Waals surface area (Å²) in [4.78, 5) is 13.8. The van der Waals surface area contributed by atoms with Crippen molar-refractivity contribution in [2.75, 3.05) is 25.0 Å². The van der Waals surface area contributed by atoms with Crippen LogP contribution in [0.3, 0.4) is 0 Å². The Balaban J connectivity index is 1.95. The summed E-state index contributed by atoms with van der Waals surface area (Å²) in [6.45, 7) is 6.39. The molecule has 1 heterocycles. The zero-order valence-corrected chi connectivity index (χ0v) is 10.6. The lowest BCUT2D eigenvalue weighted by atomic mass is 10.1. The molecule has 0 saturated carbocycles. The van der Waals surface area contributed by atoms with Crippen LogP contribution in [0.1, 0.15) is 24.0 Å². The zero-order chi connectivity index (χ0) is 12.3. The van der Waals surface area contributed by atoms with Gasteiger partial charge in [0.25, 0.3) is 0 Å². The van der Waals surface area contributed by atoms with Gasteiger partial charge >= 0.3 is 0 Å². The van der Waals surface area contributed by atoms with Crippen molar-refractivity contribution in [2.24, 2.45) is 0 Å². The van der Waals surface area contributed by atoms with Gasteiger partial charge in [-0.15, -0.1) is 0 Å². The summed E-state index contributed by atoms with van der Waals surface area (Å²) >= 11 is 0. The van der Waals surface area contributed by atoms with Crippen molar-refractivity contribution >= 4 is 11.6 Å². The van der Waals surface area contributed by atoms with Crippen LogP contribution in [0, 0.1) is 13.8 Å². The molecule has 0 unspecified atom stereocenters. The minimum absolute atomic E-state index is 0.213. The molecule has 1 N–H and O–H groups in total. The third kappa shape index (κ3) is 2.78. The average Bonchev–Trinajstić information content (AvgIpc) is 2.81. The van der Waals surface area contributed by atoms with E-state index in [1.54, 1.807) is 0 Å². The van der Waals surface area contributed by atoms with E-state index in [1.807, 2.05) is 11.0 Å². The Hall–Kier alpha value is -1.51. The summed E-state index contributed by atoms with van der Waals surface area (Å²) in [6.07, 6.45) is 2.30. The molecule has 1 saturated heterocycles. The second-order valence-electron chi connectivity index (χ2n) is 4.71. The topological polar surface area (TPSA) is 32.3 Å². The molecule has 0 spiro atoms. The highest BCUT2D eigenvalue weighted by Crippen LogP contribution is 2.19. The first-order valence-electron chi connectivity index (χ1n) is 6.26. The molecular weight excluding hydrogens is 212 g/mol. The second kappa shape index (κ2) is 5.21. The number of hydrogen-bond acceptors (Lipinski definition) is 2. The van der Waals surface area contributed by atoms with Crippen molar-refractivity contribution in [3.8, 4) is 0 Å². The lowest BCUT2D eigenvalue weighted by Gasteiger charge is -2.17. The summed E-state index contributed by atoms with van der Waals surface area (Å²) in [6, 6.07) is 6.17. The molecule has 0 bridgehead atoms. The van der Waals surface area contributed by atoms with Gasteiger partial charge in [0.1, 0.15) is 0 Å². The predicted molar refractivity (Wildman–Crippen MR) is 70.2 cm³/mol. The molecule has 1 aliphatic rings. The Kier molecular flexibility index (Phi) is 3.67. The first kappa shape index (κ1) is 12.0. The Bertz CT molecular complexity index is 388. The van der Waals surface area contributed by atoms with Crippen molar-refractivity contribution in [3.05, 3.63) is 29.3 Å². The Labute approximate surface area is 103 Å². The van der Waals surface area contributed by atoms with Crippen molar-refractivity contribution in [3.63, 3.8) is 0 Å². The monoisotopic (exact) mass is 232 g/mol. The molecule has 0 atom stereocenters. The Morgan fingerprint density at radius 2 is 1.82 bits per heavy atom. The first-order valence-corrected chi connectivity index (χ1v) is 6.26. The van der Waals surface area contributed by atoms with Gasteiger partial charge in [-0.3, -0.25) is 4.79 Å². The first-order chi connectivity index (χ1) is 8.18. The van der Waals surface area contributed by atoms with E-state index in [-0.39, 0.29) is 5.91 Å². The molecule has 0 aromatic heterocycles. The lowest BCUT2D eigenvalue weighted by molar-refractivity contribution is -0.128. The zero-order valence-electron chi connectivity index (χ0n) is 10.6. The molecule has 1 aliphatic heterocycles. The number of hydrogen-bond donors (Lipinski definition) is 1. The molecule has 0 aliphatic carbocycles. The van der Waals surface area contributed by atoms with Crippen molar-refractivity contribution in [1.29, 1.82) is 0 Å². The van der Waals surface area contributed by atoms with Crippen LogP contribution in [0.2, 0.25) is 0 Å². The van der Waals surface area contributed by atoms with Crippen LogP contribution in [-0.2, 0) is 4.79 Å². The highest BCUT2D eigenvalue weighted by atomic mass is 16.2. The molecule has 1 fully saturated rings. The Morgan fingerprint density at radius 1 is 1.24 bits per heavy atom. The van der Waals surface area contributed by atoms with E-state index in [1.165, 1.54) is 11.1 Å². The number of amides is 1. The van der Waals surface area contributed by atoms with Gasteiger partial charge in [0.2, 0.25) is 5.91 Å². The molecule has 92 valence electrons. The molecule has 3 nitrogen and oxygen atoms in total. The highest BCUT2D eigenvalue weighted by Gasteiger charge is 2.17. The number of aryl methyl sites for hydroxylation is 2. The number of nitrogens with one attached hydrogen (secondary N) is 1. The fourth-order valence-corrected chi connectivity index (χ4v) is 2.34. The van der Waals surface area contributed by atoms with Crippen LogP contribution in [0.15, 0.2) is 18.2 Å². The maximum Gasteiger partial charge on any atom is 0.241 e. The quantitative estimate of drug-likeness (QED) is 0.867. The van der Waals surface area contributed by atoms with E-state index < -0.39 is 0 Å². The average molecular weight is 232 g/mol. The van der Waals surface area contributed by atoms with Crippen LogP contribution >= 0.6 is 0 Å². The van der Waals surface area contributed by atoms with Gasteiger partial charge in [0, 0.05) is 18.8 Å². The number of rotatable bonds is 3. The molecule has 1 aromatic carbocycles. The standard InChI is InChI=1S/C14H20N2O/c1-11-6-5-7-12(2)14(11)15-10-13(17)16-8-3-4-9-16/h5-7,15H,3-4,8-10H2,1-2H3. The number of benzene rings is 1. The van der Waals surface area contributed by atoms with E-state index >= 15 is 0 Å². The van der Waals surface area contributed by atoms with Crippen molar-refractivity contribution in [1.82, 2.24) is 4.90 Å². The number of para-hydroxylation sites is 1. The third-order valence-electron chi connectivity index (χ3n) is 3.36. The van der Waals surface area contributed by atoms with Crippen LogP contribution in [0.4, 0.5) is 5.69 Å². The van der Waals surface area contributed by atoms with E-state index in [0.29, 0.717) is 6.54 Å². The molecular formula is C14H20N2O. The van der Waals surface area contributed by atoms with Crippen LogP contribution in [-0.4, -0.2) is 30.4 Å². The summed E-state index contributed by atoms with van der Waals surface area (Å²) in [5, 5.41) is 3.27. The second-order valence-corrected chi connectivity index (χ2v) is 4.71. The maximum absolute atomic E-state index is 11.9. The van der Waals surface area contributed by atoms with E-state index in [9.17, 15) is 4.79 Å². The fourth-order valence-electron chi connectivity index (χ4n) is 2.34. The summed E-state index contributed by atoms with van der Waals surface area (Å²) < 4.78 is 0. The van der Waals surface area contributed by atoms with Gasteiger partial charge in [-0.2, -0.15) is 0 Å². The lowest BCUT2D eigenvalue weighted by Crippen LogP contribution is -2.33. The third-order valence-corrected chi connectivity index (χ3v) is 3.36. The normalized spacial score (nSPS) is 15.1. The fraction of sp³-hybridized carbons (Fsp3) is 0.500. The van der Waals surface area contributed by atoms with Crippen LogP contribution in [0.25, 0.3) is 0 Å². The minimum atomic E-state index is 0.213. The van der Waals surface area contributed by atoms with Gasteiger partial charge < -0.3 is 10.2 Å². The summed E-state index contributed by atoms with van der Waals surface area (Å²) in [7, 11) is 0. The molecule has 17 heavy (non-hydrogen) atoms. The van der Waals surface area contributed by atoms with Crippen LogP contribution < -0.4 is 5.32 Å². The van der Waals surface area contributed by atoms with E-state index in [4.69, 9.17) is 0 Å². The number of anilines is 1. The smallest absolute Gasteiger partial charge is 0.241 e. The minimum Gasteiger partial charge on any atom is -0.376 e. The van der Waals surface area contributed by atoms with Gasteiger partial charge in [0.05, 0.1) is 6.54 Å². The largest absolute Gasteiger partial charge is 0.376 e. The molecule has 2 rings (SSSR count). The van der Waals surface area contributed by atoms with E-state index in [2.05, 4.69) is 31.3 Å². The number of nitrogens with zero attached hydrogens (tertiary/aromatic N) is 1. The maximum atomic E-state index is 11.9. The van der Waals surface area contributed by atoms with Gasteiger partial charge in [-0.25, -0.2) is 0 Å². The van der Waals surface area contributed by atoms with Gasteiger partial charge in [-0.05, 0) is 37.8 Å². The molecule has 0 radical (unpaired) electrons. The molecule has 1 aromatic rings. The van der Waals surface area contributed by atoms with Crippen LogP contribution in [0.5, 0.6) is 0 Å². The summed E-state index contributed by atoms with van der Waals surface area (Å²) in [5.74, 6) is 0.213. The SMILES string of the molecule is Cc1cccc(C)c1NCC(=O)N1CCCC1. The van der Waals surface area contributed by atoms with Crippen molar-refractivity contribution in [2.45, 2.75) is 26.7 Å².